The minimum atomic E-state index is 0.812. The van der Waals surface area contributed by atoms with E-state index in [-0.39, 0.29) is 0 Å². The first-order valence-corrected chi connectivity index (χ1v) is 11.9. The molecule has 0 saturated heterocycles. The van der Waals surface area contributed by atoms with Crippen molar-refractivity contribution in [2.75, 3.05) is 0 Å². The number of unbranched alkanes of at least 4 members (excludes halogenated alkanes) is 11. The van der Waals surface area contributed by atoms with Crippen LogP contribution in [0, 0.1) is 24.2 Å². The largest absolute Gasteiger partial charge is 0.0654 e. The van der Waals surface area contributed by atoms with Crippen molar-refractivity contribution in [3.8, 4) is 0 Å². The first-order valence-electron chi connectivity index (χ1n) is 11.9. The van der Waals surface area contributed by atoms with E-state index in [0.717, 1.165) is 17.8 Å². The fourth-order valence-electron chi connectivity index (χ4n) is 4.23. The number of rotatable bonds is 19. The summed E-state index contributed by atoms with van der Waals surface area (Å²) in [6.45, 7) is 12.0. The standard InChI is InChI=1S/C25H51/c1-6-8-10-12-13-14-15-16-18-20-24(4)22-25(5)21-23(3)19-17-11-9-7-2/h20,23-25H,6-19,21-22H2,1-5H3. The van der Waals surface area contributed by atoms with E-state index in [0.29, 0.717) is 0 Å². The molecule has 0 N–H and O–H groups in total. The van der Waals surface area contributed by atoms with Gasteiger partial charge in [0, 0.05) is 0 Å². The molecule has 0 rings (SSSR count). The van der Waals surface area contributed by atoms with Gasteiger partial charge >= 0.3 is 0 Å². The van der Waals surface area contributed by atoms with E-state index in [1.165, 1.54) is 103 Å². The highest BCUT2D eigenvalue weighted by atomic mass is 14.2. The Morgan fingerprint density at radius 1 is 0.560 bits per heavy atom. The van der Waals surface area contributed by atoms with Crippen LogP contribution in [0.4, 0.5) is 0 Å². The molecule has 0 nitrogen and oxygen atoms in total. The molecule has 151 valence electrons. The maximum atomic E-state index is 2.61. The summed E-state index contributed by atoms with van der Waals surface area (Å²) in [6, 6.07) is 0. The van der Waals surface area contributed by atoms with Crippen molar-refractivity contribution in [2.45, 2.75) is 137 Å². The van der Waals surface area contributed by atoms with Crippen molar-refractivity contribution in [3.05, 3.63) is 6.42 Å². The number of hydrogen-bond acceptors (Lipinski definition) is 0. The van der Waals surface area contributed by atoms with Gasteiger partial charge in [-0.25, -0.2) is 0 Å². The average molecular weight is 352 g/mol. The third-order valence-electron chi connectivity index (χ3n) is 5.76. The summed E-state index contributed by atoms with van der Waals surface area (Å²) in [5, 5.41) is 0. The van der Waals surface area contributed by atoms with Gasteiger partial charge in [0.15, 0.2) is 0 Å². The van der Waals surface area contributed by atoms with Crippen LogP contribution >= 0.6 is 0 Å². The van der Waals surface area contributed by atoms with Crippen molar-refractivity contribution >= 4 is 0 Å². The molecule has 0 amide bonds. The molecule has 0 saturated carbocycles. The first kappa shape index (κ1) is 25.0. The minimum Gasteiger partial charge on any atom is -0.0654 e. The molecule has 0 aromatic carbocycles. The highest BCUT2D eigenvalue weighted by Gasteiger charge is 2.12. The van der Waals surface area contributed by atoms with E-state index in [1.807, 2.05) is 0 Å². The molecule has 0 aliphatic rings. The van der Waals surface area contributed by atoms with E-state index >= 15 is 0 Å². The van der Waals surface area contributed by atoms with E-state index in [4.69, 9.17) is 0 Å². The lowest BCUT2D eigenvalue weighted by Crippen LogP contribution is -2.08. The lowest BCUT2D eigenvalue weighted by molar-refractivity contribution is 0.338. The minimum absolute atomic E-state index is 0.812. The van der Waals surface area contributed by atoms with Gasteiger partial charge in [0.1, 0.15) is 0 Å². The fraction of sp³-hybridized carbons (Fsp3) is 0.960. The summed E-state index contributed by atoms with van der Waals surface area (Å²) in [4.78, 5) is 0. The molecule has 0 aliphatic carbocycles. The molecule has 0 heterocycles. The molecule has 1 radical (unpaired) electrons. The third-order valence-corrected chi connectivity index (χ3v) is 5.76. The third kappa shape index (κ3) is 18.6. The second-order valence-electron chi connectivity index (χ2n) is 9.01. The van der Waals surface area contributed by atoms with Crippen LogP contribution in [-0.2, 0) is 0 Å². The zero-order valence-corrected chi connectivity index (χ0v) is 18.6. The molecule has 3 unspecified atom stereocenters. The highest BCUT2D eigenvalue weighted by Crippen LogP contribution is 2.25. The van der Waals surface area contributed by atoms with Gasteiger partial charge < -0.3 is 0 Å². The van der Waals surface area contributed by atoms with E-state index in [9.17, 15) is 0 Å². The van der Waals surface area contributed by atoms with Gasteiger partial charge in [0.2, 0.25) is 0 Å². The Balaban J connectivity index is 3.47. The molecule has 25 heavy (non-hydrogen) atoms. The predicted octanol–water partition coefficient (Wildman–Crippen LogP) is 9.38. The van der Waals surface area contributed by atoms with Gasteiger partial charge in [-0.05, 0) is 43.4 Å². The van der Waals surface area contributed by atoms with Crippen LogP contribution in [0.15, 0.2) is 0 Å². The van der Waals surface area contributed by atoms with Gasteiger partial charge in [-0.2, -0.15) is 0 Å². The lowest BCUT2D eigenvalue weighted by atomic mass is 9.85. The highest BCUT2D eigenvalue weighted by molar-refractivity contribution is 4.75. The fourth-order valence-corrected chi connectivity index (χ4v) is 4.23. The molecule has 0 aromatic heterocycles. The quantitative estimate of drug-likeness (QED) is 0.203. The molecular weight excluding hydrogens is 300 g/mol. The first-order chi connectivity index (χ1) is 12.1. The second-order valence-corrected chi connectivity index (χ2v) is 9.01. The van der Waals surface area contributed by atoms with Gasteiger partial charge in [-0.1, -0.05) is 118 Å². The normalized spacial score (nSPS) is 15.2. The van der Waals surface area contributed by atoms with Gasteiger partial charge in [0.05, 0.1) is 0 Å². The Kier molecular flexibility index (Phi) is 18.8. The Labute approximate surface area is 161 Å². The number of hydrogen-bond donors (Lipinski definition) is 0. The molecule has 0 bridgehead atoms. The van der Waals surface area contributed by atoms with Crippen LogP contribution in [-0.4, -0.2) is 0 Å². The molecule has 0 aliphatic heterocycles. The van der Waals surface area contributed by atoms with Gasteiger partial charge in [-0.15, -0.1) is 0 Å². The summed E-state index contributed by atoms with van der Waals surface area (Å²) in [6.07, 6.45) is 25.4. The summed E-state index contributed by atoms with van der Waals surface area (Å²) >= 11 is 0. The van der Waals surface area contributed by atoms with Crippen molar-refractivity contribution in [1.29, 1.82) is 0 Å². The maximum Gasteiger partial charge on any atom is -0.0357 e. The topological polar surface area (TPSA) is 0 Å². The molecular formula is C25H51. The molecule has 0 spiro atoms. The Morgan fingerprint density at radius 3 is 1.68 bits per heavy atom. The molecule has 0 fully saturated rings. The van der Waals surface area contributed by atoms with Crippen LogP contribution in [0.5, 0.6) is 0 Å². The zero-order valence-electron chi connectivity index (χ0n) is 18.6. The van der Waals surface area contributed by atoms with Crippen molar-refractivity contribution in [1.82, 2.24) is 0 Å². The van der Waals surface area contributed by atoms with E-state index in [1.54, 1.807) is 0 Å². The Morgan fingerprint density at radius 2 is 1.08 bits per heavy atom. The summed E-state index contributed by atoms with van der Waals surface area (Å²) < 4.78 is 0. The lowest BCUT2D eigenvalue weighted by Gasteiger charge is -2.20. The van der Waals surface area contributed by atoms with Crippen LogP contribution in [0.2, 0.25) is 0 Å². The van der Waals surface area contributed by atoms with Crippen LogP contribution < -0.4 is 0 Å². The smallest absolute Gasteiger partial charge is 0.0357 e. The predicted molar refractivity (Wildman–Crippen MR) is 117 cm³/mol. The molecule has 0 heteroatoms. The molecule has 3 atom stereocenters. The van der Waals surface area contributed by atoms with Gasteiger partial charge in [0.25, 0.3) is 0 Å². The van der Waals surface area contributed by atoms with Crippen LogP contribution in [0.3, 0.4) is 0 Å². The SMILES string of the molecule is CCCCCCCCCC[CH]C(C)CC(C)CC(C)CCCCCC. The summed E-state index contributed by atoms with van der Waals surface area (Å²) in [5.74, 6) is 2.63. The second kappa shape index (κ2) is 18.8. The average Bonchev–Trinajstić information content (AvgIpc) is 2.57. The summed E-state index contributed by atoms with van der Waals surface area (Å²) in [5.41, 5.74) is 0. The monoisotopic (exact) mass is 351 g/mol. The summed E-state index contributed by atoms with van der Waals surface area (Å²) in [7, 11) is 0. The Bertz CT molecular complexity index is 244. The Hall–Kier alpha value is 0. The van der Waals surface area contributed by atoms with Crippen molar-refractivity contribution in [2.24, 2.45) is 17.8 Å². The van der Waals surface area contributed by atoms with Crippen LogP contribution in [0.25, 0.3) is 0 Å². The van der Waals surface area contributed by atoms with Crippen molar-refractivity contribution < 1.29 is 0 Å². The molecule has 0 aromatic rings. The maximum absolute atomic E-state index is 2.61. The van der Waals surface area contributed by atoms with E-state index < -0.39 is 0 Å². The van der Waals surface area contributed by atoms with E-state index in [2.05, 4.69) is 41.0 Å². The van der Waals surface area contributed by atoms with Crippen molar-refractivity contribution in [3.63, 3.8) is 0 Å². The van der Waals surface area contributed by atoms with Gasteiger partial charge in [-0.3, -0.25) is 0 Å². The zero-order chi connectivity index (χ0) is 18.8. The van der Waals surface area contributed by atoms with Crippen LogP contribution in [0.1, 0.15) is 137 Å².